The average Bonchev–Trinajstić information content (AvgIpc) is 2.39. The van der Waals surface area contributed by atoms with Crippen molar-refractivity contribution in [1.29, 1.82) is 0 Å². The Kier molecular flexibility index (Phi) is 5.75. The van der Waals surface area contributed by atoms with Gasteiger partial charge in [0.25, 0.3) is 0 Å². The molecule has 0 radical (unpaired) electrons. The van der Waals surface area contributed by atoms with Crippen LogP contribution in [0.1, 0.15) is 61.4 Å². The predicted octanol–water partition coefficient (Wildman–Crippen LogP) is 4.16. The highest BCUT2D eigenvalue weighted by molar-refractivity contribution is 5.89. The van der Waals surface area contributed by atoms with Gasteiger partial charge in [-0.25, -0.2) is 4.79 Å². The van der Waals surface area contributed by atoms with Gasteiger partial charge in [0.15, 0.2) is 0 Å². The molecule has 0 heterocycles. The van der Waals surface area contributed by atoms with Crippen LogP contribution in [0.25, 0.3) is 0 Å². The number of unbranched alkanes of at least 4 members (excludes halogenated alkanes) is 1. The zero-order valence-corrected chi connectivity index (χ0v) is 11.0. The van der Waals surface area contributed by atoms with Gasteiger partial charge in [-0.15, -0.1) is 0 Å². The van der Waals surface area contributed by atoms with Crippen molar-refractivity contribution in [3.05, 3.63) is 35.4 Å². The molecular formula is C15H22O2. The summed E-state index contributed by atoms with van der Waals surface area (Å²) in [5, 5.41) is 0. The molecule has 1 aromatic carbocycles. The maximum Gasteiger partial charge on any atom is 0.337 e. The zero-order valence-electron chi connectivity index (χ0n) is 11.0. The Morgan fingerprint density at radius 2 is 1.88 bits per heavy atom. The van der Waals surface area contributed by atoms with Gasteiger partial charge in [-0.1, -0.05) is 38.8 Å². The second-order valence-electron chi connectivity index (χ2n) is 4.36. The Bertz CT molecular complexity index is 340. The smallest absolute Gasteiger partial charge is 0.337 e. The summed E-state index contributed by atoms with van der Waals surface area (Å²) in [6.45, 7) is 4.43. The van der Waals surface area contributed by atoms with E-state index in [1.54, 1.807) is 0 Å². The molecule has 1 atom stereocenters. The van der Waals surface area contributed by atoms with Crippen molar-refractivity contribution in [3.8, 4) is 0 Å². The molecule has 94 valence electrons. The van der Waals surface area contributed by atoms with E-state index in [0.29, 0.717) is 11.5 Å². The summed E-state index contributed by atoms with van der Waals surface area (Å²) in [4.78, 5) is 11.3. The predicted molar refractivity (Wildman–Crippen MR) is 70.3 cm³/mol. The van der Waals surface area contributed by atoms with Gasteiger partial charge in [0.1, 0.15) is 0 Å². The number of ether oxygens (including phenoxy) is 1. The molecule has 2 heteroatoms. The van der Waals surface area contributed by atoms with Gasteiger partial charge in [0.05, 0.1) is 12.7 Å². The lowest BCUT2D eigenvalue weighted by atomic mass is 9.91. The molecule has 1 aromatic rings. The molecule has 0 aliphatic carbocycles. The monoisotopic (exact) mass is 234 g/mol. The summed E-state index contributed by atoms with van der Waals surface area (Å²) in [7, 11) is 1.41. The van der Waals surface area contributed by atoms with Gasteiger partial charge in [-0.2, -0.15) is 0 Å². The quantitative estimate of drug-likeness (QED) is 0.691. The van der Waals surface area contributed by atoms with Gasteiger partial charge in [-0.05, 0) is 36.5 Å². The number of benzene rings is 1. The first-order valence-electron chi connectivity index (χ1n) is 6.41. The molecule has 1 rings (SSSR count). The zero-order chi connectivity index (χ0) is 12.7. The molecule has 0 spiro atoms. The van der Waals surface area contributed by atoms with Crippen LogP contribution >= 0.6 is 0 Å². The number of carbonyl (C=O) groups excluding carboxylic acids is 1. The Balaban J connectivity index is 2.74. The third kappa shape index (κ3) is 3.88. The molecule has 2 nitrogen and oxygen atoms in total. The molecular weight excluding hydrogens is 212 g/mol. The average molecular weight is 234 g/mol. The Morgan fingerprint density at radius 3 is 2.35 bits per heavy atom. The second-order valence-corrected chi connectivity index (χ2v) is 4.36. The summed E-state index contributed by atoms with van der Waals surface area (Å²) in [5.41, 5.74) is 1.95. The SMILES string of the molecule is CCCCC(CC)c1ccc(C(=O)OC)cc1. The summed E-state index contributed by atoms with van der Waals surface area (Å²) in [6.07, 6.45) is 4.87. The maximum atomic E-state index is 11.3. The molecule has 0 amide bonds. The van der Waals surface area contributed by atoms with Gasteiger partial charge in [0, 0.05) is 0 Å². The second kappa shape index (κ2) is 7.10. The third-order valence-corrected chi connectivity index (χ3v) is 3.20. The fourth-order valence-electron chi connectivity index (χ4n) is 2.07. The van der Waals surface area contributed by atoms with Gasteiger partial charge in [-0.3, -0.25) is 0 Å². The molecule has 0 bridgehead atoms. The van der Waals surface area contributed by atoms with Crippen LogP contribution in [0.4, 0.5) is 0 Å². The highest BCUT2D eigenvalue weighted by atomic mass is 16.5. The highest BCUT2D eigenvalue weighted by Crippen LogP contribution is 2.25. The molecule has 0 N–H and O–H groups in total. The first kappa shape index (κ1) is 13.8. The van der Waals surface area contributed by atoms with E-state index in [1.165, 1.54) is 31.9 Å². The minimum absolute atomic E-state index is 0.266. The normalized spacial score (nSPS) is 12.2. The first-order valence-corrected chi connectivity index (χ1v) is 6.41. The summed E-state index contributed by atoms with van der Waals surface area (Å²) in [5.74, 6) is 0.347. The molecule has 1 unspecified atom stereocenters. The summed E-state index contributed by atoms with van der Waals surface area (Å²) < 4.78 is 4.69. The van der Waals surface area contributed by atoms with E-state index in [-0.39, 0.29) is 5.97 Å². The summed E-state index contributed by atoms with van der Waals surface area (Å²) >= 11 is 0. The fourth-order valence-corrected chi connectivity index (χ4v) is 2.07. The van der Waals surface area contributed by atoms with Crippen LogP contribution < -0.4 is 0 Å². The maximum absolute atomic E-state index is 11.3. The van der Waals surface area contributed by atoms with Crippen LogP contribution in [0.5, 0.6) is 0 Å². The van der Waals surface area contributed by atoms with E-state index in [9.17, 15) is 4.79 Å². The van der Waals surface area contributed by atoms with Crippen LogP contribution in [0.3, 0.4) is 0 Å². The lowest BCUT2D eigenvalue weighted by Crippen LogP contribution is -2.02. The van der Waals surface area contributed by atoms with Crippen LogP contribution in [-0.2, 0) is 4.74 Å². The molecule has 0 aromatic heterocycles. The number of hydrogen-bond donors (Lipinski definition) is 0. The lowest BCUT2D eigenvalue weighted by Gasteiger charge is -2.15. The van der Waals surface area contributed by atoms with Crippen LogP contribution in [0, 0.1) is 0 Å². The van der Waals surface area contributed by atoms with Crippen molar-refractivity contribution in [2.24, 2.45) is 0 Å². The van der Waals surface area contributed by atoms with Crippen molar-refractivity contribution in [2.45, 2.75) is 45.4 Å². The van der Waals surface area contributed by atoms with E-state index < -0.39 is 0 Å². The van der Waals surface area contributed by atoms with Crippen molar-refractivity contribution < 1.29 is 9.53 Å². The van der Waals surface area contributed by atoms with Crippen molar-refractivity contribution >= 4 is 5.97 Å². The largest absolute Gasteiger partial charge is 0.465 e. The standard InChI is InChI=1S/C15H22O2/c1-4-6-7-12(5-2)13-8-10-14(11-9-13)15(16)17-3/h8-12H,4-7H2,1-3H3. The van der Waals surface area contributed by atoms with E-state index in [2.05, 4.69) is 30.7 Å². The number of esters is 1. The van der Waals surface area contributed by atoms with Crippen LogP contribution in [-0.4, -0.2) is 13.1 Å². The first-order chi connectivity index (χ1) is 8.22. The Labute approximate surface area is 104 Å². The van der Waals surface area contributed by atoms with Crippen molar-refractivity contribution in [3.63, 3.8) is 0 Å². The Morgan fingerprint density at radius 1 is 1.24 bits per heavy atom. The van der Waals surface area contributed by atoms with E-state index in [4.69, 9.17) is 0 Å². The van der Waals surface area contributed by atoms with Crippen LogP contribution in [0.15, 0.2) is 24.3 Å². The minimum atomic E-state index is -0.266. The molecule has 0 aliphatic heterocycles. The van der Waals surface area contributed by atoms with E-state index in [1.807, 2.05) is 12.1 Å². The highest BCUT2D eigenvalue weighted by Gasteiger charge is 2.10. The fraction of sp³-hybridized carbons (Fsp3) is 0.533. The Hall–Kier alpha value is -1.31. The topological polar surface area (TPSA) is 26.3 Å². The van der Waals surface area contributed by atoms with E-state index >= 15 is 0 Å². The van der Waals surface area contributed by atoms with Crippen molar-refractivity contribution in [1.82, 2.24) is 0 Å². The lowest BCUT2D eigenvalue weighted by molar-refractivity contribution is 0.0600. The number of methoxy groups -OCH3 is 1. The molecule has 0 fully saturated rings. The van der Waals surface area contributed by atoms with Gasteiger partial charge < -0.3 is 4.74 Å². The third-order valence-electron chi connectivity index (χ3n) is 3.20. The number of carbonyl (C=O) groups is 1. The van der Waals surface area contributed by atoms with Crippen LogP contribution in [0.2, 0.25) is 0 Å². The van der Waals surface area contributed by atoms with E-state index in [0.717, 1.165) is 6.42 Å². The molecule has 0 saturated heterocycles. The number of hydrogen-bond acceptors (Lipinski definition) is 2. The molecule has 0 saturated carbocycles. The molecule has 17 heavy (non-hydrogen) atoms. The van der Waals surface area contributed by atoms with Crippen molar-refractivity contribution in [2.75, 3.05) is 7.11 Å². The van der Waals surface area contributed by atoms with Gasteiger partial charge in [0.2, 0.25) is 0 Å². The van der Waals surface area contributed by atoms with Gasteiger partial charge >= 0.3 is 5.97 Å². The molecule has 0 aliphatic rings. The minimum Gasteiger partial charge on any atom is -0.465 e. The number of rotatable bonds is 6. The summed E-state index contributed by atoms with van der Waals surface area (Å²) in [6, 6.07) is 7.82.